The molecule has 0 amide bonds. The third-order valence-corrected chi connectivity index (χ3v) is 3.04. The first-order chi connectivity index (χ1) is 7.99. The number of nitrogens with zero attached hydrogens (tertiary/aromatic N) is 2. The van der Waals surface area contributed by atoms with Crippen molar-refractivity contribution in [3.8, 4) is 0 Å². The number of hydrogen-bond acceptors (Lipinski definition) is 4. The monoisotopic (exact) mass is 237 g/mol. The largest absolute Gasteiger partial charge is 0.314 e. The number of hydrogen-bond donors (Lipinski definition) is 1. The van der Waals surface area contributed by atoms with Gasteiger partial charge in [-0.05, 0) is 26.5 Å². The van der Waals surface area contributed by atoms with Gasteiger partial charge >= 0.3 is 0 Å². The average molecular weight is 237 g/mol. The van der Waals surface area contributed by atoms with Crippen LogP contribution >= 0.6 is 0 Å². The quantitative estimate of drug-likeness (QED) is 0.630. The van der Waals surface area contributed by atoms with Crippen molar-refractivity contribution in [3.05, 3.63) is 33.6 Å². The summed E-state index contributed by atoms with van der Waals surface area (Å²) < 4.78 is 0. The molecule has 0 radical (unpaired) electrons. The summed E-state index contributed by atoms with van der Waals surface area (Å²) in [5.41, 5.74) is 1.36. The molecule has 1 rings (SSSR count). The van der Waals surface area contributed by atoms with Crippen molar-refractivity contribution in [2.45, 2.75) is 39.7 Å². The molecule has 0 bridgehead atoms. The van der Waals surface area contributed by atoms with E-state index in [9.17, 15) is 10.1 Å². The van der Waals surface area contributed by atoms with E-state index < -0.39 is 0 Å². The highest BCUT2D eigenvalue weighted by molar-refractivity contribution is 5.44. The zero-order chi connectivity index (χ0) is 13.0. The van der Waals surface area contributed by atoms with E-state index in [-0.39, 0.29) is 22.6 Å². The minimum Gasteiger partial charge on any atom is -0.314 e. The van der Waals surface area contributed by atoms with Crippen LogP contribution in [0.5, 0.6) is 0 Å². The van der Waals surface area contributed by atoms with Gasteiger partial charge in [-0.3, -0.25) is 15.1 Å². The molecule has 0 aliphatic heterocycles. The van der Waals surface area contributed by atoms with Gasteiger partial charge in [-0.1, -0.05) is 13.8 Å². The van der Waals surface area contributed by atoms with Crippen LogP contribution in [0, 0.1) is 17.0 Å². The molecule has 1 heterocycles. The average Bonchev–Trinajstić information content (AvgIpc) is 2.27. The van der Waals surface area contributed by atoms with Crippen molar-refractivity contribution in [1.82, 2.24) is 10.3 Å². The highest BCUT2D eigenvalue weighted by atomic mass is 16.6. The lowest BCUT2D eigenvalue weighted by Crippen LogP contribution is -2.31. The van der Waals surface area contributed by atoms with Gasteiger partial charge in [-0.15, -0.1) is 0 Å². The molecular weight excluding hydrogens is 218 g/mol. The number of aryl methyl sites for hydroxylation is 1. The van der Waals surface area contributed by atoms with E-state index in [4.69, 9.17) is 0 Å². The van der Waals surface area contributed by atoms with Crippen LogP contribution in [0.3, 0.4) is 0 Å². The maximum Gasteiger partial charge on any atom is 0.293 e. The zero-order valence-corrected chi connectivity index (χ0v) is 10.7. The normalized spacial score (nSPS) is 14.4. The van der Waals surface area contributed by atoms with Crippen molar-refractivity contribution in [3.63, 3.8) is 0 Å². The topological polar surface area (TPSA) is 68.1 Å². The van der Waals surface area contributed by atoms with E-state index in [0.717, 1.165) is 6.54 Å². The van der Waals surface area contributed by atoms with Crippen LogP contribution in [0.25, 0.3) is 0 Å². The Labute approximate surface area is 101 Å². The van der Waals surface area contributed by atoms with Gasteiger partial charge in [0.1, 0.15) is 5.69 Å². The second-order valence-electron chi connectivity index (χ2n) is 4.25. The first kappa shape index (κ1) is 13.6. The molecule has 5 nitrogen and oxygen atoms in total. The van der Waals surface area contributed by atoms with Gasteiger partial charge in [0, 0.05) is 23.7 Å². The highest BCUT2D eigenvalue weighted by Gasteiger charge is 2.25. The third kappa shape index (κ3) is 3.00. The number of pyridine rings is 1. The summed E-state index contributed by atoms with van der Waals surface area (Å²) in [6, 6.07) is 1.83. The first-order valence-electron chi connectivity index (χ1n) is 5.82. The molecule has 2 unspecified atom stereocenters. The first-order valence-corrected chi connectivity index (χ1v) is 5.82. The van der Waals surface area contributed by atoms with Gasteiger partial charge in [-0.25, -0.2) is 0 Å². The summed E-state index contributed by atoms with van der Waals surface area (Å²) in [6.07, 6.45) is 1.63. The molecule has 94 valence electrons. The molecule has 2 atom stereocenters. The number of nitro groups is 1. The van der Waals surface area contributed by atoms with Crippen LogP contribution in [-0.2, 0) is 0 Å². The predicted molar refractivity (Wildman–Crippen MR) is 67.2 cm³/mol. The number of likely N-dealkylation sites (N-methyl/N-ethyl adjacent to an activating group) is 1. The number of aromatic nitrogens is 1. The van der Waals surface area contributed by atoms with Gasteiger partial charge in [0.15, 0.2) is 0 Å². The van der Waals surface area contributed by atoms with Crippen molar-refractivity contribution in [2.75, 3.05) is 6.54 Å². The summed E-state index contributed by atoms with van der Waals surface area (Å²) in [7, 11) is 0. The van der Waals surface area contributed by atoms with Gasteiger partial charge < -0.3 is 5.32 Å². The van der Waals surface area contributed by atoms with Gasteiger partial charge in [0.2, 0.25) is 0 Å². The Morgan fingerprint density at radius 2 is 2.18 bits per heavy atom. The molecular formula is C12H19N3O2. The van der Waals surface area contributed by atoms with E-state index in [2.05, 4.69) is 10.3 Å². The maximum atomic E-state index is 11.1. The molecule has 1 aromatic rings. The van der Waals surface area contributed by atoms with Crippen LogP contribution < -0.4 is 5.32 Å². The molecule has 0 aliphatic carbocycles. The van der Waals surface area contributed by atoms with E-state index in [1.165, 1.54) is 0 Å². The van der Waals surface area contributed by atoms with Gasteiger partial charge in [-0.2, -0.15) is 0 Å². The number of nitrogens with one attached hydrogen (secondary N) is 1. The van der Waals surface area contributed by atoms with Crippen molar-refractivity contribution in [2.24, 2.45) is 0 Å². The Bertz CT molecular complexity index is 407. The minimum absolute atomic E-state index is 0.00949. The van der Waals surface area contributed by atoms with E-state index in [0.29, 0.717) is 11.3 Å². The Morgan fingerprint density at radius 3 is 2.71 bits per heavy atom. The van der Waals surface area contributed by atoms with E-state index in [1.807, 2.05) is 20.8 Å². The molecule has 0 saturated carbocycles. The number of rotatable bonds is 5. The van der Waals surface area contributed by atoms with Crippen molar-refractivity contribution >= 4 is 5.69 Å². The molecule has 0 saturated heterocycles. The van der Waals surface area contributed by atoms with Crippen LogP contribution in [-0.4, -0.2) is 22.5 Å². The lowest BCUT2D eigenvalue weighted by Gasteiger charge is -2.20. The van der Waals surface area contributed by atoms with Crippen molar-refractivity contribution < 1.29 is 4.92 Å². The Hall–Kier alpha value is -1.49. The Kier molecular flexibility index (Phi) is 4.57. The van der Waals surface area contributed by atoms with Crippen molar-refractivity contribution in [1.29, 1.82) is 0 Å². The summed E-state index contributed by atoms with van der Waals surface area (Å²) >= 11 is 0. The van der Waals surface area contributed by atoms with E-state index >= 15 is 0 Å². The molecule has 1 N–H and O–H groups in total. The Morgan fingerprint density at radius 1 is 1.53 bits per heavy atom. The van der Waals surface area contributed by atoms with Crippen LogP contribution in [0.1, 0.15) is 37.9 Å². The maximum absolute atomic E-state index is 11.1. The third-order valence-electron chi connectivity index (χ3n) is 3.04. The van der Waals surface area contributed by atoms with Crippen LogP contribution in [0.15, 0.2) is 12.3 Å². The lowest BCUT2D eigenvalue weighted by atomic mass is 9.96. The fourth-order valence-electron chi connectivity index (χ4n) is 1.88. The standard InChI is InChI=1S/C12H19N3O2/c1-5-13-10(4)9(3)11-12(15(16)17)8(2)6-7-14-11/h6-7,9-10,13H,5H2,1-4H3. The van der Waals surface area contributed by atoms with Crippen LogP contribution in [0.4, 0.5) is 5.69 Å². The summed E-state index contributed by atoms with van der Waals surface area (Å²) in [5, 5.41) is 14.3. The second-order valence-corrected chi connectivity index (χ2v) is 4.25. The molecule has 17 heavy (non-hydrogen) atoms. The zero-order valence-electron chi connectivity index (χ0n) is 10.7. The predicted octanol–water partition coefficient (Wildman–Crippen LogP) is 2.40. The molecule has 0 spiro atoms. The molecule has 0 aliphatic rings. The lowest BCUT2D eigenvalue weighted by molar-refractivity contribution is -0.386. The molecule has 0 aromatic carbocycles. The van der Waals surface area contributed by atoms with Gasteiger partial charge in [0.25, 0.3) is 5.69 Å². The van der Waals surface area contributed by atoms with Gasteiger partial charge in [0.05, 0.1) is 4.92 Å². The highest BCUT2D eigenvalue weighted by Crippen LogP contribution is 2.29. The SMILES string of the molecule is CCNC(C)C(C)c1nccc(C)c1[N+](=O)[O-]. The summed E-state index contributed by atoms with van der Waals surface area (Å²) in [6.45, 7) is 8.57. The smallest absolute Gasteiger partial charge is 0.293 e. The molecule has 0 fully saturated rings. The molecule has 1 aromatic heterocycles. The fourth-order valence-corrected chi connectivity index (χ4v) is 1.88. The minimum atomic E-state index is -0.340. The summed E-state index contributed by atoms with van der Waals surface area (Å²) in [4.78, 5) is 14.9. The van der Waals surface area contributed by atoms with Crippen LogP contribution in [0.2, 0.25) is 0 Å². The Balaban J connectivity index is 3.13. The molecule has 5 heteroatoms. The second kappa shape index (κ2) is 5.72. The van der Waals surface area contributed by atoms with E-state index in [1.54, 1.807) is 19.2 Å². The fraction of sp³-hybridized carbons (Fsp3) is 0.583. The summed E-state index contributed by atoms with van der Waals surface area (Å²) in [5.74, 6) is 0.00949.